The van der Waals surface area contributed by atoms with Crippen LogP contribution in [-0.4, -0.2) is 37.8 Å². The van der Waals surface area contributed by atoms with E-state index in [1.54, 1.807) is 0 Å². The Kier molecular flexibility index (Phi) is 5.18. The first kappa shape index (κ1) is 22.5. The highest BCUT2D eigenvalue weighted by molar-refractivity contribution is 6.00. The van der Waals surface area contributed by atoms with Gasteiger partial charge in [-0.3, -0.25) is 9.59 Å². The number of nitrogens with one attached hydrogen (secondary N) is 2. The smallest absolute Gasteiger partial charge is 0.258 e. The van der Waals surface area contributed by atoms with E-state index in [4.69, 9.17) is 5.10 Å². The number of H-pyrrole nitrogens is 1. The molecule has 0 amide bonds. The lowest BCUT2D eigenvalue weighted by molar-refractivity contribution is 0.0910. The van der Waals surface area contributed by atoms with Crippen LogP contribution < -0.4 is 10.9 Å². The molecule has 0 unspecified atom stereocenters. The van der Waals surface area contributed by atoms with Gasteiger partial charge in [-0.2, -0.15) is 5.10 Å². The van der Waals surface area contributed by atoms with E-state index in [2.05, 4.69) is 30.2 Å². The molecule has 7 heteroatoms. The van der Waals surface area contributed by atoms with E-state index in [1.807, 2.05) is 23.7 Å². The van der Waals surface area contributed by atoms with Crippen LogP contribution in [0.5, 0.6) is 0 Å². The maximum Gasteiger partial charge on any atom is 0.258 e. The Morgan fingerprint density at radius 2 is 1.80 bits per heavy atom. The lowest BCUT2D eigenvalue weighted by Gasteiger charge is -2.29. The first-order chi connectivity index (χ1) is 16.7. The van der Waals surface area contributed by atoms with Crippen molar-refractivity contribution in [1.29, 1.82) is 0 Å². The molecule has 3 aliphatic rings. The summed E-state index contributed by atoms with van der Waals surface area (Å²) in [5, 5.41) is 20.0. The largest absolute Gasteiger partial charge is 0.393 e. The van der Waals surface area contributed by atoms with Gasteiger partial charge in [-0.1, -0.05) is 13.8 Å². The molecule has 0 saturated heterocycles. The number of rotatable bonds is 4. The Morgan fingerprint density at radius 3 is 2.51 bits per heavy atom. The number of hydrogen-bond donors (Lipinski definition) is 3. The number of carbonyl (C=O) groups excluding carboxylic acids is 1. The van der Waals surface area contributed by atoms with Crippen molar-refractivity contribution in [3.05, 3.63) is 51.2 Å². The number of benzene rings is 1. The van der Waals surface area contributed by atoms with Crippen LogP contribution in [0.3, 0.4) is 0 Å². The number of hydrogen-bond acceptors (Lipinski definition) is 5. The van der Waals surface area contributed by atoms with Gasteiger partial charge in [0.05, 0.1) is 34.1 Å². The molecule has 3 aromatic rings. The molecular weight excluding hydrogens is 440 g/mol. The fourth-order valence-electron chi connectivity index (χ4n) is 6.06. The number of aliphatic hydroxyl groups excluding tert-OH is 1. The average molecular weight is 475 g/mol. The maximum atomic E-state index is 13.3. The summed E-state index contributed by atoms with van der Waals surface area (Å²) < 4.78 is 1.93. The zero-order valence-electron chi connectivity index (χ0n) is 20.8. The van der Waals surface area contributed by atoms with Crippen molar-refractivity contribution in [2.24, 2.45) is 5.41 Å². The first-order valence-corrected chi connectivity index (χ1v) is 13.0. The fraction of sp³-hybridized carbons (Fsp3) is 0.536. The Morgan fingerprint density at radius 1 is 1.06 bits per heavy atom. The van der Waals surface area contributed by atoms with E-state index in [0.717, 1.165) is 84.4 Å². The highest BCUT2D eigenvalue weighted by atomic mass is 16.3. The molecule has 6 rings (SSSR count). The van der Waals surface area contributed by atoms with E-state index in [-0.39, 0.29) is 28.9 Å². The number of aromatic nitrogens is 3. The summed E-state index contributed by atoms with van der Waals surface area (Å²) in [6.45, 7) is 6.18. The fourth-order valence-corrected chi connectivity index (χ4v) is 6.06. The number of aliphatic hydroxyl groups is 1. The second kappa shape index (κ2) is 8.05. The van der Waals surface area contributed by atoms with Crippen molar-refractivity contribution < 1.29 is 9.90 Å². The molecule has 1 aromatic carbocycles. The van der Waals surface area contributed by atoms with Gasteiger partial charge >= 0.3 is 0 Å². The second-order valence-electron chi connectivity index (χ2n) is 11.7. The third-order valence-electron chi connectivity index (χ3n) is 7.99. The predicted molar refractivity (Wildman–Crippen MR) is 137 cm³/mol. The minimum absolute atomic E-state index is 0.0655. The minimum atomic E-state index is -0.236. The third-order valence-corrected chi connectivity index (χ3v) is 7.99. The molecule has 2 saturated carbocycles. The van der Waals surface area contributed by atoms with Gasteiger partial charge in [0.2, 0.25) is 0 Å². The van der Waals surface area contributed by atoms with Crippen LogP contribution in [0.4, 0.5) is 5.69 Å². The number of carbonyl (C=O) groups is 1. The molecular formula is C28H34N4O3. The summed E-state index contributed by atoms with van der Waals surface area (Å²) in [6, 6.07) is 6.38. The molecule has 35 heavy (non-hydrogen) atoms. The SMILES string of the molecule is Cc1nn(-c2cc(NC3CCC(O)CC3)c3c(=O)[nH]c(C4CC4)cc3c2)c2c1C(=O)CC(C)(C)C2. The predicted octanol–water partition coefficient (Wildman–Crippen LogP) is 4.77. The van der Waals surface area contributed by atoms with Crippen LogP contribution in [0.25, 0.3) is 16.5 Å². The summed E-state index contributed by atoms with van der Waals surface area (Å²) in [5.74, 6) is 0.595. The van der Waals surface area contributed by atoms with Crippen LogP contribution in [0, 0.1) is 12.3 Å². The highest BCUT2D eigenvalue weighted by Gasteiger charge is 2.36. The zero-order chi connectivity index (χ0) is 24.5. The number of aryl methyl sites for hydroxylation is 1. The molecule has 2 heterocycles. The average Bonchev–Trinajstić information content (AvgIpc) is 3.58. The van der Waals surface area contributed by atoms with Crippen molar-refractivity contribution in [3.8, 4) is 5.69 Å². The van der Waals surface area contributed by atoms with Gasteiger partial charge in [0.15, 0.2) is 5.78 Å². The van der Waals surface area contributed by atoms with Gasteiger partial charge in [-0.25, -0.2) is 4.68 Å². The van der Waals surface area contributed by atoms with Gasteiger partial charge < -0.3 is 15.4 Å². The van der Waals surface area contributed by atoms with Crippen molar-refractivity contribution in [1.82, 2.24) is 14.8 Å². The van der Waals surface area contributed by atoms with Crippen LogP contribution in [0.15, 0.2) is 23.0 Å². The molecule has 0 atom stereocenters. The molecule has 0 spiro atoms. The molecule has 3 N–H and O–H groups in total. The van der Waals surface area contributed by atoms with E-state index in [1.165, 1.54) is 0 Å². The van der Waals surface area contributed by atoms with Crippen molar-refractivity contribution in [3.63, 3.8) is 0 Å². The number of anilines is 1. The zero-order valence-corrected chi connectivity index (χ0v) is 20.8. The van der Waals surface area contributed by atoms with Crippen LogP contribution >= 0.6 is 0 Å². The second-order valence-corrected chi connectivity index (χ2v) is 11.7. The number of Topliss-reactive ketones (excluding diaryl/α,β-unsaturated/α-hetero) is 1. The quantitative estimate of drug-likeness (QED) is 0.506. The number of aromatic amines is 1. The van der Waals surface area contributed by atoms with E-state index in [9.17, 15) is 14.7 Å². The molecule has 7 nitrogen and oxygen atoms in total. The van der Waals surface area contributed by atoms with Crippen LogP contribution in [0.2, 0.25) is 0 Å². The molecule has 2 aromatic heterocycles. The lowest BCUT2D eigenvalue weighted by atomic mass is 9.75. The van der Waals surface area contributed by atoms with E-state index in [0.29, 0.717) is 17.7 Å². The Balaban J connectivity index is 1.51. The molecule has 0 aliphatic heterocycles. The molecule has 184 valence electrons. The highest BCUT2D eigenvalue weighted by Crippen LogP contribution is 2.41. The first-order valence-electron chi connectivity index (χ1n) is 13.0. The van der Waals surface area contributed by atoms with Gasteiger partial charge in [0.25, 0.3) is 5.56 Å². The Bertz CT molecular complexity index is 1390. The topological polar surface area (TPSA) is 100 Å². The minimum Gasteiger partial charge on any atom is -0.393 e. The monoisotopic (exact) mass is 474 g/mol. The maximum absolute atomic E-state index is 13.3. The summed E-state index contributed by atoms with van der Waals surface area (Å²) in [5.41, 5.74) is 4.97. The molecule has 2 fully saturated rings. The van der Waals surface area contributed by atoms with Gasteiger partial charge in [0, 0.05) is 23.8 Å². The number of pyridine rings is 1. The van der Waals surface area contributed by atoms with E-state index >= 15 is 0 Å². The standard InChI is InChI=1S/C28H34N4O3/c1-15-25-23(13-28(2,3)14-24(25)34)32(31-15)19-10-17-11-21(16-4-5-16)30-27(35)26(17)22(12-19)29-18-6-8-20(33)9-7-18/h10-12,16,18,20,29,33H,4-9,13-14H2,1-3H3,(H,30,35). The molecule has 0 radical (unpaired) electrons. The van der Waals surface area contributed by atoms with Gasteiger partial charge in [-0.05, 0) is 86.8 Å². The Hall–Kier alpha value is -2.93. The molecule has 0 bridgehead atoms. The van der Waals surface area contributed by atoms with Crippen molar-refractivity contribution in [2.45, 2.75) is 90.2 Å². The van der Waals surface area contributed by atoms with Crippen molar-refractivity contribution in [2.75, 3.05) is 5.32 Å². The summed E-state index contributed by atoms with van der Waals surface area (Å²) >= 11 is 0. The number of ketones is 1. The number of nitrogens with zero attached hydrogens (tertiary/aromatic N) is 2. The van der Waals surface area contributed by atoms with Crippen LogP contribution in [0.1, 0.15) is 92.2 Å². The van der Waals surface area contributed by atoms with Crippen LogP contribution in [-0.2, 0) is 6.42 Å². The van der Waals surface area contributed by atoms with Gasteiger partial charge in [0.1, 0.15) is 0 Å². The van der Waals surface area contributed by atoms with Gasteiger partial charge in [-0.15, -0.1) is 0 Å². The van der Waals surface area contributed by atoms with Crippen molar-refractivity contribution >= 4 is 22.2 Å². The third kappa shape index (κ3) is 4.10. The molecule has 3 aliphatic carbocycles. The summed E-state index contributed by atoms with van der Waals surface area (Å²) in [6.07, 6.45) is 6.55. The Labute approximate surface area is 204 Å². The summed E-state index contributed by atoms with van der Waals surface area (Å²) in [7, 11) is 0. The normalized spacial score (nSPS) is 23.9. The lowest BCUT2D eigenvalue weighted by Crippen LogP contribution is -2.29. The van der Waals surface area contributed by atoms with E-state index < -0.39 is 0 Å². The summed E-state index contributed by atoms with van der Waals surface area (Å²) in [4.78, 5) is 29.4. The number of fused-ring (bicyclic) bond motifs is 2.